The van der Waals surface area contributed by atoms with Crippen molar-refractivity contribution in [2.24, 2.45) is 17.8 Å². The summed E-state index contributed by atoms with van der Waals surface area (Å²) < 4.78 is 0. The van der Waals surface area contributed by atoms with E-state index in [4.69, 9.17) is 15.0 Å². The molecule has 0 radical (unpaired) electrons. The van der Waals surface area contributed by atoms with Crippen molar-refractivity contribution >= 4 is 67.5 Å². The monoisotopic (exact) mass is 864 g/mol. The molecule has 9 nitrogen and oxygen atoms in total. The number of carbonyl (C=O) groups excluding carboxylic acids is 3. The predicted octanol–water partition coefficient (Wildman–Crippen LogP) is 12.5. The van der Waals surface area contributed by atoms with Gasteiger partial charge in [0, 0.05) is 67.7 Å². The van der Waals surface area contributed by atoms with Crippen LogP contribution in [0.4, 0.5) is 17.1 Å². The Hall–Kier alpha value is -8.04. The van der Waals surface area contributed by atoms with Crippen LogP contribution in [0.1, 0.15) is 36.0 Å². The molecular formula is C57H48N6O3. The second-order valence-electron chi connectivity index (χ2n) is 17.7. The average Bonchev–Trinajstić information content (AvgIpc) is 3.34. The van der Waals surface area contributed by atoms with Gasteiger partial charge in [-0.05, 0) is 131 Å². The van der Waals surface area contributed by atoms with Crippen LogP contribution in [-0.4, -0.2) is 32.7 Å². The Morgan fingerprint density at radius 3 is 0.909 bits per heavy atom. The SMILES string of the molecule is Cc1ccc2nc(-c3ccc(NC(=O)C4CC(C(=O)Nc5ccc(-c6ccc7cc(C)ccc7n6)cc5)CC(C(=O)Nc5ccc(-c6ccc7cc(C)ccc7n6)cc5)C4)cc3)ccc2c1. The van der Waals surface area contributed by atoms with Crippen LogP contribution in [0.15, 0.2) is 164 Å². The van der Waals surface area contributed by atoms with Crippen LogP contribution in [-0.2, 0) is 14.4 Å². The van der Waals surface area contributed by atoms with Crippen LogP contribution in [0.25, 0.3) is 66.5 Å². The fourth-order valence-electron chi connectivity index (χ4n) is 9.08. The molecule has 3 aromatic heterocycles. The van der Waals surface area contributed by atoms with E-state index in [0.29, 0.717) is 36.3 Å². The lowest BCUT2D eigenvalue weighted by Crippen LogP contribution is -2.40. The summed E-state index contributed by atoms with van der Waals surface area (Å²) in [5, 5.41) is 12.5. The van der Waals surface area contributed by atoms with E-state index >= 15 is 0 Å². The predicted molar refractivity (Wildman–Crippen MR) is 266 cm³/mol. The number of hydrogen-bond donors (Lipinski definition) is 3. The van der Waals surface area contributed by atoms with Crippen LogP contribution in [0.2, 0.25) is 0 Å². The largest absolute Gasteiger partial charge is 0.326 e. The van der Waals surface area contributed by atoms with E-state index in [9.17, 15) is 14.4 Å². The summed E-state index contributed by atoms with van der Waals surface area (Å²) in [6.45, 7) is 6.19. The molecule has 9 heteroatoms. The summed E-state index contributed by atoms with van der Waals surface area (Å²) in [5.41, 5.74) is 13.5. The zero-order chi connectivity index (χ0) is 45.3. The first-order valence-corrected chi connectivity index (χ1v) is 22.4. The summed E-state index contributed by atoms with van der Waals surface area (Å²) in [6.07, 6.45) is 0.892. The van der Waals surface area contributed by atoms with Gasteiger partial charge in [0.25, 0.3) is 0 Å². The van der Waals surface area contributed by atoms with Crippen molar-refractivity contribution in [3.05, 3.63) is 180 Å². The van der Waals surface area contributed by atoms with Crippen LogP contribution in [0.3, 0.4) is 0 Å². The molecule has 3 N–H and O–H groups in total. The Morgan fingerprint density at radius 1 is 0.364 bits per heavy atom. The molecule has 6 aromatic carbocycles. The minimum atomic E-state index is -0.592. The normalized spacial score (nSPS) is 16.0. The van der Waals surface area contributed by atoms with Gasteiger partial charge >= 0.3 is 0 Å². The van der Waals surface area contributed by atoms with Crippen LogP contribution < -0.4 is 16.0 Å². The topological polar surface area (TPSA) is 126 Å². The summed E-state index contributed by atoms with van der Waals surface area (Å²) in [4.78, 5) is 56.8. The molecule has 0 aliphatic heterocycles. The Kier molecular flexibility index (Phi) is 11.3. The molecule has 0 unspecified atom stereocenters. The van der Waals surface area contributed by atoms with E-state index in [-0.39, 0.29) is 17.7 Å². The number of aromatic nitrogens is 3. The molecule has 324 valence electrons. The lowest BCUT2D eigenvalue weighted by Gasteiger charge is -2.33. The summed E-state index contributed by atoms with van der Waals surface area (Å²) in [7, 11) is 0. The maximum Gasteiger partial charge on any atom is 0.227 e. The summed E-state index contributed by atoms with van der Waals surface area (Å²) in [6, 6.07) is 53.6. The van der Waals surface area contributed by atoms with Gasteiger partial charge in [-0.3, -0.25) is 14.4 Å². The van der Waals surface area contributed by atoms with E-state index in [1.807, 2.05) is 109 Å². The molecule has 1 saturated carbocycles. The Morgan fingerprint density at radius 2 is 0.636 bits per heavy atom. The maximum absolute atomic E-state index is 14.1. The molecule has 0 bridgehead atoms. The van der Waals surface area contributed by atoms with Crippen LogP contribution in [0.5, 0.6) is 0 Å². The molecule has 3 amide bonds. The third-order valence-corrected chi connectivity index (χ3v) is 12.7. The van der Waals surface area contributed by atoms with Crippen molar-refractivity contribution < 1.29 is 14.4 Å². The van der Waals surface area contributed by atoms with Gasteiger partial charge in [-0.1, -0.05) is 89.5 Å². The molecule has 0 saturated heterocycles. The summed E-state index contributed by atoms with van der Waals surface area (Å²) >= 11 is 0. The van der Waals surface area contributed by atoms with Crippen molar-refractivity contribution in [1.29, 1.82) is 0 Å². The van der Waals surface area contributed by atoms with Crippen LogP contribution in [0, 0.1) is 38.5 Å². The van der Waals surface area contributed by atoms with Gasteiger partial charge in [0.2, 0.25) is 17.7 Å². The third-order valence-electron chi connectivity index (χ3n) is 12.7. The Bertz CT molecular complexity index is 2950. The quantitative estimate of drug-likeness (QED) is 0.133. The molecule has 9 aromatic rings. The first kappa shape index (κ1) is 41.9. The van der Waals surface area contributed by atoms with Gasteiger partial charge in [0.15, 0.2) is 0 Å². The molecule has 10 rings (SSSR count). The van der Waals surface area contributed by atoms with Crippen molar-refractivity contribution in [3.8, 4) is 33.8 Å². The number of fused-ring (bicyclic) bond motifs is 3. The number of hydrogen-bond acceptors (Lipinski definition) is 6. The first-order valence-electron chi connectivity index (χ1n) is 22.4. The van der Waals surface area contributed by atoms with Gasteiger partial charge in [-0.15, -0.1) is 0 Å². The smallest absolute Gasteiger partial charge is 0.227 e. The molecule has 3 heterocycles. The number of nitrogens with one attached hydrogen (secondary N) is 3. The lowest BCUT2D eigenvalue weighted by atomic mass is 9.74. The van der Waals surface area contributed by atoms with Crippen molar-refractivity contribution in [2.75, 3.05) is 16.0 Å². The van der Waals surface area contributed by atoms with Gasteiger partial charge in [-0.25, -0.2) is 15.0 Å². The fourth-order valence-corrected chi connectivity index (χ4v) is 9.08. The van der Waals surface area contributed by atoms with E-state index in [1.54, 1.807) is 0 Å². The van der Waals surface area contributed by atoms with Crippen molar-refractivity contribution in [1.82, 2.24) is 15.0 Å². The molecule has 1 aliphatic carbocycles. The highest BCUT2D eigenvalue weighted by Gasteiger charge is 2.39. The highest BCUT2D eigenvalue weighted by Crippen LogP contribution is 2.37. The van der Waals surface area contributed by atoms with Gasteiger partial charge in [0.1, 0.15) is 0 Å². The number of carbonyl (C=O) groups is 3. The van der Waals surface area contributed by atoms with Crippen molar-refractivity contribution in [2.45, 2.75) is 40.0 Å². The third kappa shape index (κ3) is 9.14. The Labute approximate surface area is 383 Å². The molecule has 1 fully saturated rings. The fraction of sp³-hybridized carbons (Fsp3) is 0.158. The average molecular weight is 865 g/mol. The lowest BCUT2D eigenvalue weighted by molar-refractivity contribution is -0.129. The Balaban J connectivity index is 0.849. The number of aryl methyl sites for hydroxylation is 3. The number of anilines is 3. The van der Waals surface area contributed by atoms with Crippen LogP contribution >= 0.6 is 0 Å². The number of nitrogens with zero attached hydrogens (tertiary/aromatic N) is 3. The minimum absolute atomic E-state index is 0.234. The number of amides is 3. The molecule has 0 spiro atoms. The molecular weight excluding hydrogens is 817 g/mol. The zero-order valence-corrected chi connectivity index (χ0v) is 37.0. The van der Waals surface area contributed by atoms with E-state index in [1.165, 1.54) is 16.7 Å². The highest BCUT2D eigenvalue weighted by molar-refractivity contribution is 5.99. The minimum Gasteiger partial charge on any atom is -0.326 e. The number of pyridine rings is 3. The van der Waals surface area contributed by atoms with Gasteiger partial charge < -0.3 is 16.0 Å². The van der Waals surface area contributed by atoms with E-state index in [0.717, 1.165) is 66.5 Å². The molecule has 66 heavy (non-hydrogen) atoms. The second kappa shape index (κ2) is 17.9. The van der Waals surface area contributed by atoms with E-state index < -0.39 is 17.8 Å². The highest BCUT2D eigenvalue weighted by atomic mass is 16.2. The molecule has 1 aliphatic rings. The first-order chi connectivity index (χ1) is 32.1. The maximum atomic E-state index is 14.1. The number of rotatable bonds is 9. The molecule has 0 atom stereocenters. The van der Waals surface area contributed by atoms with Gasteiger partial charge in [-0.2, -0.15) is 0 Å². The number of benzene rings is 6. The summed E-state index contributed by atoms with van der Waals surface area (Å²) in [5.74, 6) is -2.48. The van der Waals surface area contributed by atoms with Crippen molar-refractivity contribution in [3.63, 3.8) is 0 Å². The zero-order valence-electron chi connectivity index (χ0n) is 37.0. The second-order valence-corrected chi connectivity index (χ2v) is 17.7. The van der Waals surface area contributed by atoms with E-state index in [2.05, 4.69) is 91.3 Å². The standard InChI is InChI=1S/C57H48N6O3/c1-34-4-22-52-40(28-34)13-25-49(61-52)37-7-16-46(17-8-37)58-55(64)43-31-44(56(65)59-47-18-9-38(10-19-47)50-26-14-41-29-35(2)5-23-53(41)62-50)33-45(32-43)57(66)60-48-20-11-39(12-21-48)51-27-15-42-30-36(3)6-24-54(42)63-51/h4-30,43-45H,31-33H2,1-3H3,(H,58,64)(H,59,65)(H,60,66). The van der Waals surface area contributed by atoms with Gasteiger partial charge in [0.05, 0.1) is 33.6 Å².